The van der Waals surface area contributed by atoms with Crippen LogP contribution in [-0.2, 0) is 16.6 Å². The van der Waals surface area contributed by atoms with Gasteiger partial charge in [0.05, 0.1) is 11.5 Å². The van der Waals surface area contributed by atoms with Gasteiger partial charge in [0.25, 0.3) is 0 Å². The van der Waals surface area contributed by atoms with Gasteiger partial charge in [0, 0.05) is 12.6 Å². The molecular weight excluding hydrogens is 272 g/mol. The van der Waals surface area contributed by atoms with Crippen molar-refractivity contribution in [3.63, 3.8) is 0 Å². The van der Waals surface area contributed by atoms with Crippen LogP contribution in [0.15, 0.2) is 10.3 Å². The van der Waals surface area contributed by atoms with Gasteiger partial charge in [-0.1, -0.05) is 0 Å². The average molecular weight is 292 g/mol. The molecule has 0 saturated heterocycles. The van der Waals surface area contributed by atoms with E-state index in [9.17, 15) is 13.5 Å². The Hall–Kier alpha value is -0.470. The zero-order valence-electron chi connectivity index (χ0n) is 11.1. The number of nitrogens with one attached hydrogen (secondary N) is 1. The first-order valence-corrected chi connectivity index (χ1v) is 7.99. The summed E-state index contributed by atoms with van der Waals surface area (Å²) in [6.45, 7) is 3.92. The van der Waals surface area contributed by atoms with Crippen molar-refractivity contribution in [1.29, 1.82) is 0 Å². The summed E-state index contributed by atoms with van der Waals surface area (Å²) in [5.41, 5.74) is 0.675. The first-order chi connectivity index (χ1) is 8.27. The minimum Gasteiger partial charge on any atom is -0.391 e. The highest BCUT2D eigenvalue weighted by atomic mass is 32.2. The van der Waals surface area contributed by atoms with Crippen molar-refractivity contribution < 1.29 is 13.5 Å². The normalized spacial score (nSPS) is 14.1. The Kier molecular flexibility index (Phi) is 5.30. The molecule has 0 amide bonds. The Labute approximate surface area is 112 Å². The van der Waals surface area contributed by atoms with Gasteiger partial charge in [0.15, 0.2) is 0 Å². The number of rotatable bonds is 6. The molecule has 0 saturated carbocycles. The van der Waals surface area contributed by atoms with E-state index in [1.54, 1.807) is 12.3 Å². The predicted molar refractivity (Wildman–Crippen MR) is 73.3 cm³/mol. The minimum absolute atomic E-state index is 0.184. The van der Waals surface area contributed by atoms with Gasteiger partial charge >= 0.3 is 0 Å². The van der Waals surface area contributed by atoms with Crippen LogP contribution in [0.5, 0.6) is 0 Å². The maximum Gasteiger partial charge on any atom is 0.242 e. The predicted octanol–water partition coefficient (Wildman–Crippen LogP) is 0.777. The monoisotopic (exact) mass is 292 g/mol. The highest BCUT2D eigenvalue weighted by Gasteiger charge is 2.24. The van der Waals surface area contributed by atoms with E-state index in [1.165, 1.54) is 11.3 Å². The Morgan fingerprint density at radius 1 is 1.50 bits per heavy atom. The second-order valence-corrected chi connectivity index (χ2v) is 7.23. The summed E-state index contributed by atoms with van der Waals surface area (Å²) in [7, 11) is 0.216. The average Bonchev–Trinajstić information content (AvgIpc) is 2.57. The lowest BCUT2D eigenvalue weighted by molar-refractivity contribution is 0.282. The molecule has 2 N–H and O–H groups in total. The fraction of sp³-hybridized carbons (Fsp3) is 0.636. The molecule has 104 valence electrons. The Morgan fingerprint density at radius 3 is 2.61 bits per heavy atom. The van der Waals surface area contributed by atoms with Crippen molar-refractivity contribution >= 4 is 21.4 Å². The summed E-state index contributed by atoms with van der Waals surface area (Å²) in [6.07, 6.45) is 0. The van der Waals surface area contributed by atoms with Gasteiger partial charge in [-0.2, -0.15) is 0 Å². The van der Waals surface area contributed by atoms with Crippen molar-refractivity contribution in [3.8, 4) is 0 Å². The molecule has 1 aromatic heterocycles. The van der Waals surface area contributed by atoms with E-state index in [4.69, 9.17) is 0 Å². The first kappa shape index (κ1) is 15.6. The van der Waals surface area contributed by atoms with Gasteiger partial charge in [-0.15, -0.1) is 11.3 Å². The largest absolute Gasteiger partial charge is 0.391 e. The second-order valence-electron chi connectivity index (χ2n) is 4.61. The standard InChI is InChI=1S/C11H20N2O3S2/c1-8-7-17-10(6-14)11(8)18(15,16)12-9(2)5-13(3)4/h7,9,12,14H,5-6H2,1-4H3. The molecule has 0 aliphatic heterocycles. The van der Waals surface area contributed by atoms with Crippen LogP contribution in [0.2, 0.25) is 0 Å². The van der Waals surface area contributed by atoms with Crippen LogP contribution in [0, 0.1) is 6.92 Å². The molecule has 1 atom stereocenters. The fourth-order valence-corrected chi connectivity index (χ4v) is 4.76. The highest BCUT2D eigenvalue weighted by Crippen LogP contribution is 2.26. The lowest BCUT2D eigenvalue weighted by Crippen LogP contribution is -2.39. The number of aliphatic hydroxyl groups excluding tert-OH is 1. The van der Waals surface area contributed by atoms with E-state index >= 15 is 0 Å². The Morgan fingerprint density at radius 2 is 2.11 bits per heavy atom. The van der Waals surface area contributed by atoms with Crippen molar-refractivity contribution in [2.24, 2.45) is 0 Å². The number of hydrogen-bond donors (Lipinski definition) is 2. The first-order valence-electron chi connectivity index (χ1n) is 5.62. The Bertz CT molecular complexity index is 494. The minimum atomic E-state index is -3.56. The number of aliphatic hydroxyl groups is 1. The van der Waals surface area contributed by atoms with E-state index in [-0.39, 0.29) is 17.5 Å². The molecule has 7 heteroatoms. The molecule has 0 aromatic carbocycles. The molecule has 5 nitrogen and oxygen atoms in total. The third-order valence-electron chi connectivity index (χ3n) is 2.40. The number of thiophene rings is 1. The van der Waals surface area contributed by atoms with Crippen LogP contribution >= 0.6 is 11.3 Å². The molecule has 1 unspecified atom stereocenters. The lowest BCUT2D eigenvalue weighted by Gasteiger charge is -2.18. The number of hydrogen-bond acceptors (Lipinski definition) is 5. The van der Waals surface area contributed by atoms with E-state index in [2.05, 4.69) is 4.72 Å². The van der Waals surface area contributed by atoms with E-state index < -0.39 is 10.0 Å². The Balaban J connectivity index is 2.96. The number of sulfonamides is 1. The molecule has 0 bridgehead atoms. The number of likely N-dealkylation sites (N-methyl/N-ethyl adjacent to an activating group) is 1. The SMILES string of the molecule is Cc1csc(CO)c1S(=O)(=O)NC(C)CN(C)C. The summed E-state index contributed by atoms with van der Waals surface area (Å²) >= 11 is 1.26. The molecule has 1 rings (SSSR count). The number of aryl methyl sites for hydroxylation is 1. The molecule has 0 fully saturated rings. The van der Waals surface area contributed by atoms with Gasteiger partial charge in [0.2, 0.25) is 10.0 Å². The molecule has 0 spiro atoms. The highest BCUT2D eigenvalue weighted by molar-refractivity contribution is 7.89. The molecule has 0 aliphatic rings. The van der Waals surface area contributed by atoms with Crippen LogP contribution in [0.25, 0.3) is 0 Å². The molecule has 1 aromatic rings. The summed E-state index contributed by atoms with van der Waals surface area (Å²) in [4.78, 5) is 2.62. The third kappa shape index (κ3) is 3.76. The second kappa shape index (κ2) is 6.12. The van der Waals surface area contributed by atoms with Crippen molar-refractivity contribution in [2.45, 2.75) is 31.4 Å². The van der Waals surface area contributed by atoms with Crippen LogP contribution in [0.4, 0.5) is 0 Å². The van der Waals surface area contributed by atoms with Gasteiger partial charge in [-0.25, -0.2) is 13.1 Å². The van der Waals surface area contributed by atoms with Crippen LogP contribution in [0.3, 0.4) is 0 Å². The molecule has 18 heavy (non-hydrogen) atoms. The maximum atomic E-state index is 12.3. The summed E-state index contributed by atoms with van der Waals surface area (Å²) in [5, 5.41) is 10.9. The summed E-state index contributed by atoms with van der Waals surface area (Å²) in [5.74, 6) is 0. The maximum absolute atomic E-state index is 12.3. The van der Waals surface area contributed by atoms with E-state index in [0.29, 0.717) is 17.0 Å². The van der Waals surface area contributed by atoms with Gasteiger partial charge < -0.3 is 10.0 Å². The van der Waals surface area contributed by atoms with Crippen LogP contribution in [-0.4, -0.2) is 45.1 Å². The lowest BCUT2D eigenvalue weighted by atomic mass is 10.3. The van der Waals surface area contributed by atoms with Gasteiger partial charge in [0.1, 0.15) is 4.90 Å². The van der Waals surface area contributed by atoms with E-state index in [0.717, 1.165) is 0 Å². The molecule has 0 radical (unpaired) electrons. The van der Waals surface area contributed by atoms with Crippen molar-refractivity contribution in [1.82, 2.24) is 9.62 Å². The summed E-state index contributed by atoms with van der Waals surface area (Å²) in [6, 6.07) is -0.184. The van der Waals surface area contributed by atoms with Crippen molar-refractivity contribution in [3.05, 3.63) is 15.8 Å². The molecule has 0 aliphatic carbocycles. The van der Waals surface area contributed by atoms with Gasteiger partial charge in [-0.05, 0) is 38.9 Å². The van der Waals surface area contributed by atoms with E-state index in [1.807, 2.05) is 25.9 Å². The number of nitrogens with zero attached hydrogens (tertiary/aromatic N) is 1. The third-order valence-corrected chi connectivity index (χ3v) is 5.43. The summed E-state index contributed by atoms with van der Waals surface area (Å²) < 4.78 is 27.1. The van der Waals surface area contributed by atoms with Gasteiger partial charge in [-0.3, -0.25) is 0 Å². The topological polar surface area (TPSA) is 69.6 Å². The smallest absolute Gasteiger partial charge is 0.242 e. The quantitative estimate of drug-likeness (QED) is 0.813. The molecule has 1 heterocycles. The zero-order valence-corrected chi connectivity index (χ0v) is 12.7. The van der Waals surface area contributed by atoms with Crippen molar-refractivity contribution in [2.75, 3.05) is 20.6 Å². The fourth-order valence-electron chi connectivity index (χ4n) is 1.87. The van der Waals surface area contributed by atoms with Crippen LogP contribution in [0.1, 0.15) is 17.4 Å². The zero-order chi connectivity index (χ0) is 13.9. The molecular formula is C11H20N2O3S2. The van der Waals surface area contributed by atoms with Crippen LogP contribution < -0.4 is 4.72 Å².